The Morgan fingerprint density at radius 3 is 2.50 bits per heavy atom. The fourth-order valence-corrected chi connectivity index (χ4v) is 4.00. The lowest BCUT2D eigenvalue weighted by Crippen LogP contribution is -2.55. The van der Waals surface area contributed by atoms with Crippen LogP contribution in [0.1, 0.15) is 44.8 Å². The quantitative estimate of drug-likeness (QED) is 0.727. The Kier molecular flexibility index (Phi) is 7.44. The molecular weight excluding hydrogens is 358 g/mol. The molecule has 0 spiro atoms. The SMILES string of the molecule is CCCCC(C(=O)Nc1cc(C)on1)N1CCN(CC(=O)N2CCCC2)CC1. The van der Waals surface area contributed by atoms with E-state index in [0.717, 1.165) is 71.4 Å². The molecule has 2 aliphatic rings. The van der Waals surface area contributed by atoms with Crippen molar-refractivity contribution in [2.45, 2.75) is 52.0 Å². The molecular formula is C20H33N5O3. The Morgan fingerprint density at radius 2 is 1.89 bits per heavy atom. The van der Waals surface area contributed by atoms with Crippen molar-refractivity contribution >= 4 is 17.6 Å². The van der Waals surface area contributed by atoms with Gasteiger partial charge in [0.25, 0.3) is 0 Å². The van der Waals surface area contributed by atoms with Crippen molar-refractivity contribution in [1.29, 1.82) is 0 Å². The molecule has 1 unspecified atom stereocenters. The molecule has 2 aliphatic heterocycles. The van der Waals surface area contributed by atoms with Crippen LogP contribution in [0.25, 0.3) is 0 Å². The molecule has 2 fully saturated rings. The van der Waals surface area contributed by atoms with Crippen molar-refractivity contribution in [3.8, 4) is 0 Å². The first-order valence-electron chi connectivity index (χ1n) is 10.5. The minimum atomic E-state index is -0.173. The molecule has 1 aromatic rings. The summed E-state index contributed by atoms with van der Waals surface area (Å²) in [5.74, 6) is 1.37. The first kappa shape index (κ1) is 20.8. The summed E-state index contributed by atoms with van der Waals surface area (Å²) in [5.41, 5.74) is 0. The van der Waals surface area contributed by atoms with Crippen molar-refractivity contribution in [3.63, 3.8) is 0 Å². The summed E-state index contributed by atoms with van der Waals surface area (Å²) in [6.07, 6.45) is 5.13. The average Bonchev–Trinajstić information content (AvgIpc) is 3.35. The molecule has 0 aliphatic carbocycles. The van der Waals surface area contributed by atoms with Crippen molar-refractivity contribution in [3.05, 3.63) is 11.8 Å². The highest BCUT2D eigenvalue weighted by atomic mass is 16.5. The Balaban J connectivity index is 1.51. The predicted molar refractivity (Wildman–Crippen MR) is 107 cm³/mol. The second-order valence-corrected chi connectivity index (χ2v) is 7.87. The van der Waals surface area contributed by atoms with Gasteiger partial charge in [0.1, 0.15) is 5.76 Å². The van der Waals surface area contributed by atoms with Crippen LogP contribution in [0.5, 0.6) is 0 Å². The second kappa shape index (κ2) is 10.0. The summed E-state index contributed by atoms with van der Waals surface area (Å²) in [4.78, 5) is 31.7. The maximum atomic E-state index is 12.9. The van der Waals surface area contributed by atoms with E-state index < -0.39 is 0 Å². The van der Waals surface area contributed by atoms with Crippen LogP contribution in [-0.2, 0) is 9.59 Å². The summed E-state index contributed by atoms with van der Waals surface area (Å²) < 4.78 is 5.04. The molecule has 3 rings (SSSR count). The number of likely N-dealkylation sites (tertiary alicyclic amines) is 1. The normalized spacial score (nSPS) is 19.7. The minimum absolute atomic E-state index is 0.0247. The number of carbonyl (C=O) groups excluding carboxylic acids is 2. The minimum Gasteiger partial charge on any atom is -0.360 e. The second-order valence-electron chi connectivity index (χ2n) is 7.87. The Labute approximate surface area is 167 Å². The number of hydrogen-bond acceptors (Lipinski definition) is 6. The van der Waals surface area contributed by atoms with E-state index in [1.165, 1.54) is 0 Å². The van der Waals surface area contributed by atoms with Crippen molar-refractivity contribution in [2.75, 3.05) is 51.1 Å². The summed E-state index contributed by atoms with van der Waals surface area (Å²) in [5, 5.41) is 6.76. The van der Waals surface area contributed by atoms with Crippen LogP contribution in [0.2, 0.25) is 0 Å². The highest BCUT2D eigenvalue weighted by Crippen LogP contribution is 2.16. The standard InChI is InChI=1S/C20H33N5O3/c1-3-4-7-17(20(27)21-18-14-16(2)28-22-18)24-12-10-23(11-13-24)15-19(26)25-8-5-6-9-25/h14,17H,3-13,15H2,1-2H3,(H,21,22,27). The first-order chi connectivity index (χ1) is 13.6. The average molecular weight is 392 g/mol. The van der Waals surface area contributed by atoms with Crippen LogP contribution in [0.4, 0.5) is 5.82 Å². The van der Waals surface area contributed by atoms with E-state index in [0.29, 0.717) is 18.1 Å². The van der Waals surface area contributed by atoms with Crippen molar-refractivity contribution in [2.24, 2.45) is 0 Å². The summed E-state index contributed by atoms with van der Waals surface area (Å²) in [7, 11) is 0. The van der Waals surface area contributed by atoms with Crippen LogP contribution in [0, 0.1) is 6.92 Å². The van der Waals surface area contributed by atoms with Gasteiger partial charge in [0, 0.05) is 45.3 Å². The highest BCUT2D eigenvalue weighted by molar-refractivity contribution is 5.94. The number of nitrogens with one attached hydrogen (secondary N) is 1. The number of anilines is 1. The van der Waals surface area contributed by atoms with Gasteiger partial charge in [-0.1, -0.05) is 24.9 Å². The van der Waals surface area contributed by atoms with E-state index in [1.807, 2.05) is 4.90 Å². The topological polar surface area (TPSA) is 81.9 Å². The van der Waals surface area contributed by atoms with Gasteiger partial charge in [-0.15, -0.1) is 0 Å². The van der Waals surface area contributed by atoms with Gasteiger partial charge >= 0.3 is 0 Å². The zero-order chi connectivity index (χ0) is 19.9. The Bertz CT molecular complexity index is 648. The Morgan fingerprint density at radius 1 is 1.18 bits per heavy atom. The monoisotopic (exact) mass is 391 g/mol. The molecule has 3 heterocycles. The van der Waals surface area contributed by atoms with Crippen LogP contribution >= 0.6 is 0 Å². The number of rotatable bonds is 8. The lowest BCUT2D eigenvalue weighted by molar-refractivity contribution is -0.132. The van der Waals surface area contributed by atoms with Gasteiger partial charge in [-0.05, 0) is 26.2 Å². The van der Waals surface area contributed by atoms with Crippen LogP contribution < -0.4 is 5.32 Å². The van der Waals surface area contributed by atoms with Gasteiger partial charge in [0.2, 0.25) is 11.8 Å². The molecule has 1 aromatic heterocycles. The molecule has 0 bridgehead atoms. The summed E-state index contributed by atoms with van der Waals surface area (Å²) in [6.45, 7) is 9.48. The largest absolute Gasteiger partial charge is 0.360 e. The van der Waals surface area contributed by atoms with Crippen LogP contribution in [0.3, 0.4) is 0 Å². The molecule has 2 amide bonds. The molecule has 1 N–H and O–H groups in total. The summed E-state index contributed by atoms with van der Waals surface area (Å²) in [6, 6.07) is 1.56. The Hall–Kier alpha value is -1.93. The molecule has 8 nitrogen and oxygen atoms in total. The fraction of sp³-hybridized carbons (Fsp3) is 0.750. The number of nitrogens with zero attached hydrogens (tertiary/aromatic N) is 4. The third kappa shape index (κ3) is 5.54. The maximum absolute atomic E-state index is 12.9. The first-order valence-corrected chi connectivity index (χ1v) is 10.5. The molecule has 0 radical (unpaired) electrons. The third-order valence-corrected chi connectivity index (χ3v) is 5.68. The highest BCUT2D eigenvalue weighted by Gasteiger charge is 2.30. The van der Waals surface area contributed by atoms with Crippen molar-refractivity contribution in [1.82, 2.24) is 19.9 Å². The van der Waals surface area contributed by atoms with Gasteiger partial charge in [-0.2, -0.15) is 0 Å². The van der Waals surface area contributed by atoms with Gasteiger partial charge in [-0.3, -0.25) is 19.4 Å². The van der Waals surface area contributed by atoms with Crippen molar-refractivity contribution < 1.29 is 14.1 Å². The van der Waals surface area contributed by atoms with Gasteiger partial charge in [-0.25, -0.2) is 0 Å². The van der Waals surface area contributed by atoms with E-state index >= 15 is 0 Å². The molecule has 0 saturated carbocycles. The van der Waals surface area contributed by atoms with E-state index in [4.69, 9.17) is 4.52 Å². The molecule has 8 heteroatoms. The lowest BCUT2D eigenvalue weighted by atomic mass is 10.1. The van der Waals surface area contributed by atoms with E-state index in [2.05, 4.69) is 27.2 Å². The third-order valence-electron chi connectivity index (χ3n) is 5.68. The number of hydrogen-bond donors (Lipinski definition) is 1. The van der Waals surface area contributed by atoms with Crippen LogP contribution in [-0.4, -0.2) is 83.5 Å². The fourth-order valence-electron chi connectivity index (χ4n) is 4.00. The molecule has 28 heavy (non-hydrogen) atoms. The molecule has 1 atom stereocenters. The number of amides is 2. The molecule has 156 valence electrons. The van der Waals surface area contributed by atoms with E-state index in [9.17, 15) is 9.59 Å². The molecule has 2 saturated heterocycles. The van der Waals surface area contributed by atoms with E-state index in [1.54, 1.807) is 13.0 Å². The molecule has 0 aromatic carbocycles. The van der Waals surface area contributed by atoms with Gasteiger partial charge < -0.3 is 14.7 Å². The summed E-state index contributed by atoms with van der Waals surface area (Å²) >= 11 is 0. The number of piperazine rings is 1. The maximum Gasteiger partial charge on any atom is 0.242 e. The number of carbonyl (C=O) groups is 2. The lowest BCUT2D eigenvalue weighted by Gasteiger charge is -2.38. The van der Waals surface area contributed by atoms with Crippen LogP contribution in [0.15, 0.2) is 10.6 Å². The predicted octanol–water partition coefficient (Wildman–Crippen LogP) is 1.72. The smallest absolute Gasteiger partial charge is 0.242 e. The zero-order valence-electron chi connectivity index (χ0n) is 17.2. The number of aromatic nitrogens is 1. The number of aryl methyl sites for hydroxylation is 1. The number of unbranched alkanes of at least 4 members (excludes halogenated alkanes) is 1. The zero-order valence-corrected chi connectivity index (χ0v) is 17.2. The van der Waals surface area contributed by atoms with E-state index in [-0.39, 0.29) is 17.9 Å². The van der Waals surface area contributed by atoms with Gasteiger partial charge in [0.15, 0.2) is 5.82 Å². The van der Waals surface area contributed by atoms with Gasteiger partial charge in [0.05, 0.1) is 12.6 Å².